The third-order valence-electron chi connectivity index (χ3n) is 6.97. The summed E-state index contributed by atoms with van der Waals surface area (Å²) in [4.78, 5) is 22.8. The number of hydrogen-bond acceptors (Lipinski definition) is 6. The fourth-order valence-corrected chi connectivity index (χ4v) is 4.82. The number of aliphatic carboxylic acids is 2. The topological polar surface area (TPSA) is 164 Å². The summed E-state index contributed by atoms with van der Waals surface area (Å²) in [5.41, 5.74) is 9.87. The van der Waals surface area contributed by atoms with E-state index in [0.29, 0.717) is 6.54 Å². The van der Waals surface area contributed by atoms with Gasteiger partial charge in [-0.2, -0.15) is 26.3 Å². The molecular formula is C31H33F6N5O5. The van der Waals surface area contributed by atoms with E-state index in [1.807, 2.05) is 24.3 Å². The van der Waals surface area contributed by atoms with Crippen molar-refractivity contribution < 1.29 is 50.9 Å². The van der Waals surface area contributed by atoms with Gasteiger partial charge in [0.15, 0.2) is 0 Å². The summed E-state index contributed by atoms with van der Waals surface area (Å²) in [6.45, 7) is 7.09. The second kappa shape index (κ2) is 15.2. The molecule has 1 saturated heterocycles. The number of ether oxygens (including phenoxy) is 1. The van der Waals surface area contributed by atoms with Gasteiger partial charge in [-0.15, -0.1) is 0 Å². The normalized spacial score (nSPS) is 13.8. The van der Waals surface area contributed by atoms with Crippen LogP contribution in [0.1, 0.15) is 49.6 Å². The molecule has 47 heavy (non-hydrogen) atoms. The van der Waals surface area contributed by atoms with Crippen LogP contribution in [0.15, 0.2) is 54.6 Å². The molecule has 5 rings (SSSR count). The zero-order chi connectivity index (χ0) is 35.1. The van der Waals surface area contributed by atoms with Crippen molar-refractivity contribution in [1.82, 2.24) is 14.9 Å². The number of halogens is 6. The number of benzene rings is 3. The Morgan fingerprint density at radius 1 is 0.979 bits per heavy atom. The van der Waals surface area contributed by atoms with Crippen LogP contribution in [0.5, 0.6) is 5.75 Å². The number of nitrogens with zero attached hydrogens (tertiary/aromatic N) is 2. The van der Waals surface area contributed by atoms with Crippen molar-refractivity contribution in [3.8, 4) is 5.75 Å². The molecule has 254 valence electrons. The third-order valence-corrected chi connectivity index (χ3v) is 6.97. The highest BCUT2D eigenvalue weighted by Gasteiger charge is 2.38. The van der Waals surface area contributed by atoms with Crippen molar-refractivity contribution in [2.45, 2.75) is 57.6 Å². The number of hydrogen-bond donors (Lipinski definition) is 5. The van der Waals surface area contributed by atoms with E-state index in [1.54, 1.807) is 0 Å². The van der Waals surface area contributed by atoms with Crippen molar-refractivity contribution in [2.24, 2.45) is 5.73 Å². The SMILES string of the molecule is CC(C)c1nc2cc(OC3CCNCC3)ccc2n1Cc1ccc(C(=N)N)c2ccccc12.O=C(O)C(F)(F)F.O=C(O)C(F)(F)F. The molecule has 0 spiro atoms. The minimum absolute atomic E-state index is 0.0926. The monoisotopic (exact) mass is 669 g/mol. The Morgan fingerprint density at radius 2 is 1.53 bits per heavy atom. The fraction of sp³-hybridized carbons (Fsp3) is 0.355. The molecule has 3 aromatic carbocycles. The van der Waals surface area contributed by atoms with Crippen molar-refractivity contribution in [2.75, 3.05) is 13.1 Å². The molecule has 1 aromatic heterocycles. The summed E-state index contributed by atoms with van der Waals surface area (Å²) in [6, 6.07) is 18.5. The molecule has 0 saturated carbocycles. The van der Waals surface area contributed by atoms with E-state index in [0.717, 1.165) is 64.9 Å². The molecule has 0 amide bonds. The van der Waals surface area contributed by atoms with Gasteiger partial charge >= 0.3 is 24.3 Å². The van der Waals surface area contributed by atoms with E-state index in [1.165, 1.54) is 5.56 Å². The standard InChI is InChI=1S/C27H31N5O.2C2HF3O2/c1-17(2)27-31-24-15-20(33-19-11-13-30-14-12-19)8-10-25(24)32(27)16-18-7-9-23(26(28)29)22-6-4-3-5-21(18)22;2*3-2(4,5)1(6)7/h3-10,15,17,19,30H,11-14,16H2,1-2H3,(H3,28,29);2*(H,6,7). The number of fused-ring (bicyclic) bond motifs is 2. The highest BCUT2D eigenvalue weighted by Crippen LogP contribution is 2.30. The molecule has 1 aliphatic rings. The first-order valence-corrected chi connectivity index (χ1v) is 14.2. The predicted molar refractivity (Wildman–Crippen MR) is 162 cm³/mol. The number of nitrogen functional groups attached to an aromatic ring is 1. The first-order valence-electron chi connectivity index (χ1n) is 14.2. The number of amidine groups is 1. The minimum atomic E-state index is -5.08. The van der Waals surface area contributed by atoms with Gasteiger partial charge < -0.3 is 30.6 Å². The third kappa shape index (κ3) is 9.81. The number of imidazole rings is 1. The van der Waals surface area contributed by atoms with E-state index >= 15 is 0 Å². The van der Waals surface area contributed by atoms with Crippen LogP contribution in [0.4, 0.5) is 26.3 Å². The van der Waals surface area contributed by atoms with Gasteiger partial charge in [-0.1, -0.05) is 50.2 Å². The number of nitrogens with two attached hydrogens (primary N) is 1. The van der Waals surface area contributed by atoms with Gasteiger partial charge in [0, 0.05) is 24.1 Å². The maximum atomic E-state index is 10.6. The van der Waals surface area contributed by atoms with Crippen LogP contribution < -0.4 is 15.8 Å². The quantitative estimate of drug-likeness (QED) is 0.0942. The predicted octanol–water partition coefficient (Wildman–Crippen LogP) is 6.04. The van der Waals surface area contributed by atoms with E-state index in [4.69, 9.17) is 40.7 Å². The van der Waals surface area contributed by atoms with Gasteiger partial charge in [-0.3, -0.25) is 5.41 Å². The average molecular weight is 670 g/mol. The zero-order valence-electron chi connectivity index (χ0n) is 25.2. The molecule has 4 aromatic rings. The van der Waals surface area contributed by atoms with Crippen LogP contribution in [-0.2, 0) is 16.1 Å². The van der Waals surface area contributed by atoms with Crippen LogP contribution in [0.2, 0.25) is 0 Å². The molecule has 2 heterocycles. The molecule has 10 nitrogen and oxygen atoms in total. The van der Waals surface area contributed by atoms with E-state index < -0.39 is 24.3 Å². The Kier molecular flexibility index (Phi) is 11.8. The Labute approximate surface area is 264 Å². The lowest BCUT2D eigenvalue weighted by Crippen LogP contribution is -2.34. The van der Waals surface area contributed by atoms with Gasteiger partial charge in [0.05, 0.1) is 11.0 Å². The summed E-state index contributed by atoms with van der Waals surface area (Å²) >= 11 is 0. The zero-order valence-corrected chi connectivity index (χ0v) is 25.2. The number of piperidine rings is 1. The fourth-order valence-electron chi connectivity index (χ4n) is 4.82. The Bertz CT molecular complexity index is 1710. The minimum Gasteiger partial charge on any atom is -0.490 e. The second-order valence-corrected chi connectivity index (χ2v) is 10.8. The van der Waals surface area contributed by atoms with Gasteiger partial charge in [-0.05, 0) is 54.4 Å². The number of nitrogens with one attached hydrogen (secondary N) is 2. The van der Waals surface area contributed by atoms with Crippen molar-refractivity contribution in [3.63, 3.8) is 0 Å². The van der Waals surface area contributed by atoms with Crippen LogP contribution in [0, 0.1) is 5.41 Å². The average Bonchev–Trinajstić information content (AvgIpc) is 3.35. The largest absolute Gasteiger partial charge is 0.490 e. The molecule has 1 fully saturated rings. The van der Waals surface area contributed by atoms with Gasteiger partial charge in [0.25, 0.3) is 0 Å². The molecule has 0 radical (unpaired) electrons. The lowest BCUT2D eigenvalue weighted by molar-refractivity contribution is -0.193. The highest BCUT2D eigenvalue weighted by atomic mass is 19.4. The van der Waals surface area contributed by atoms with Gasteiger partial charge in [-0.25, -0.2) is 14.6 Å². The lowest BCUT2D eigenvalue weighted by Gasteiger charge is -2.23. The highest BCUT2D eigenvalue weighted by molar-refractivity contribution is 6.08. The van der Waals surface area contributed by atoms with Crippen LogP contribution >= 0.6 is 0 Å². The van der Waals surface area contributed by atoms with Crippen LogP contribution in [-0.4, -0.2) is 69.1 Å². The smallest absolute Gasteiger partial charge is 0.490 e. The second-order valence-electron chi connectivity index (χ2n) is 10.8. The number of carboxylic acid groups (broad SMARTS) is 2. The van der Waals surface area contributed by atoms with Crippen molar-refractivity contribution >= 4 is 39.6 Å². The lowest BCUT2D eigenvalue weighted by atomic mass is 9.98. The van der Waals surface area contributed by atoms with E-state index in [9.17, 15) is 26.3 Å². The number of rotatable bonds is 6. The van der Waals surface area contributed by atoms with Crippen LogP contribution in [0.3, 0.4) is 0 Å². The molecule has 0 atom stereocenters. The maximum Gasteiger partial charge on any atom is 0.490 e. The molecular weight excluding hydrogens is 636 g/mol. The van der Waals surface area contributed by atoms with Crippen LogP contribution in [0.25, 0.3) is 21.8 Å². The van der Waals surface area contributed by atoms with Crippen molar-refractivity contribution in [3.05, 3.63) is 71.5 Å². The molecule has 0 aliphatic carbocycles. The maximum absolute atomic E-state index is 10.6. The summed E-state index contributed by atoms with van der Waals surface area (Å²) < 4.78 is 72.0. The van der Waals surface area contributed by atoms with Crippen molar-refractivity contribution in [1.29, 1.82) is 5.41 Å². The summed E-state index contributed by atoms with van der Waals surface area (Å²) in [6.07, 6.45) is -7.83. The Balaban J connectivity index is 0.000000360. The van der Waals surface area contributed by atoms with E-state index in [2.05, 4.69) is 54.1 Å². The molecule has 16 heteroatoms. The first kappa shape index (κ1) is 36.6. The summed E-state index contributed by atoms with van der Waals surface area (Å²) in [7, 11) is 0. The molecule has 0 bridgehead atoms. The molecule has 6 N–H and O–H groups in total. The number of carbonyl (C=O) groups is 2. The molecule has 1 aliphatic heterocycles. The van der Waals surface area contributed by atoms with Gasteiger partial charge in [0.2, 0.25) is 0 Å². The van der Waals surface area contributed by atoms with E-state index in [-0.39, 0.29) is 17.9 Å². The summed E-state index contributed by atoms with van der Waals surface area (Å²) in [5, 5.41) is 27.7. The number of carboxylic acids is 2. The number of alkyl halides is 6. The molecule has 0 unspecified atom stereocenters. The first-order chi connectivity index (χ1) is 21.9. The number of aromatic nitrogens is 2. The van der Waals surface area contributed by atoms with Gasteiger partial charge in [0.1, 0.15) is 23.5 Å². The summed E-state index contributed by atoms with van der Waals surface area (Å²) in [5.74, 6) is -3.18. The Hall–Kier alpha value is -4.86. The Morgan fingerprint density at radius 3 is 2.04 bits per heavy atom.